The molecule has 2 aromatic carbocycles. The average Bonchev–Trinajstić information content (AvgIpc) is 2.69. The summed E-state index contributed by atoms with van der Waals surface area (Å²) in [5.41, 5.74) is 3.62. The molecule has 0 saturated heterocycles. The lowest BCUT2D eigenvalue weighted by Gasteiger charge is -2.22. The van der Waals surface area contributed by atoms with Gasteiger partial charge in [-0.2, -0.15) is 0 Å². The molecule has 0 saturated carbocycles. The predicted molar refractivity (Wildman–Crippen MR) is 125 cm³/mol. The highest BCUT2D eigenvalue weighted by Crippen LogP contribution is 2.22. The summed E-state index contributed by atoms with van der Waals surface area (Å²) in [6.07, 6.45) is 0. The fraction of sp³-hybridized carbons (Fsp3) is 0.391. The number of ether oxygens (including phenoxy) is 1. The molecule has 0 bridgehead atoms. The second-order valence-electron chi connectivity index (χ2n) is 7.31. The van der Waals surface area contributed by atoms with Gasteiger partial charge in [-0.1, -0.05) is 19.9 Å². The highest BCUT2D eigenvalue weighted by atomic mass is 32.1. The Morgan fingerprint density at radius 2 is 1.86 bits per heavy atom. The van der Waals surface area contributed by atoms with Crippen molar-refractivity contribution in [3.8, 4) is 5.75 Å². The number of nitrogens with one attached hydrogen (secondary N) is 2. The standard InChI is InChI=1S/C23H31N3O2S/c1-6-26(7-2)19-11-12-21(17(5)13-19)24-23(29)25-22(27)18-9-8-10-20(14-18)28-15-16(3)4/h8-14,16H,6-7,15H2,1-5H3,(H2,24,25,27,29). The van der Waals surface area contributed by atoms with Gasteiger partial charge < -0.3 is 15.0 Å². The van der Waals surface area contributed by atoms with Gasteiger partial charge in [-0.15, -0.1) is 0 Å². The molecule has 0 fully saturated rings. The smallest absolute Gasteiger partial charge is 0.257 e. The predicted octanol–water partition coefficient (Wildman–Crippen LogP) is 5.00. The second-order valence-corrected chi connectivity index (χ2v) is 7.72. The van der Waals surface area contributed by atoms with Gasteiger partial charge in [0.25, 0.3) is 5.91 Å². The highest BCUT2D eigenvalue weighted by Gasteiger charge is 2.11. The molecule has 0 unspecified atom stereocenters. The molecule has 5 nitrogen and oxygen atoms in total. The number of aryl methyl sites for hydroxylation is 1. The molecule has 2 aromatic rings. The van der Waals surface area contributed by atoms with E-state index in [2.05, 4.69) is 55.4 Å². The number of carbonyl (C=O) groups is 1. The molecule has 0 atom stereocenters. The summed E-state index contributed by atoms with van der Waals surface area (Å²) in [6, 6.07) is 13.3. The minimum absolute atomic E-state index is 0.266. The minimum atomic E-state index is -0.269. The zero-order valence-electron chi connectivity index (χ0n) is 17.9. The minimum Gasteiger partial charge on any atom is -0.493 e. The van der Waals surface area contributed by atoms with Crippen LogP contribution in [-0.4, -0.2) is 30.7 Å². The van der Waals surface area contributed by atoms with Crippen LogP contribution in [0.25, 0.3) is 0 Å². The Hall–Kier alpha value is -2.60. The van der Waals surface area contributed by atoms with Gasteiger partial charge in [-0.3, -0.25) is 10.1 Å². The molecule has 1 amide bonds. The third-order valence-corrected chi connectivity index (χ3v) is 4.70. The Morgan fingerprint density at radius 3 is 2.48 bits per heavy atom. The van der Waals surface area contributed by atoms with E-state index in [0.717, 1.165) is 24.3 Å². The summed E-state index contributed by atoms with van der Waals surface area (Å²) in [5.74, 6) is 0.823. The fourth-order valence-electron chi connectivity index (χ4n) is 2.89. The topological polar surface area (TPSA) is 53.6 Å². The molecular formula is C23H31N3O2S. The van der Waals surface area contributed by atoms with Crippen LogP contribution in [0, 0.1) is 12.8 Å². The Labute approximate surface area is 179 Å². The van der Waals surface area contributed by atoms with Gasteiger partial charge in [0.2, 0.25) is 0 Å². The third-order valence-electron chi connectivity index (χ3n) is 4.49. The van der Waals surface area contributed by atoms with Crippen LogP contribution in [0.1, 0.15) is 43.6 Å². The van der Waals surface area contributed by atoms with Crippen LogP contribution in [0.2, 0.25) is 0 Å². The Bertz CT molecular complexity index is 848. The van der Waals surface area contributed by atoms with E-state index in [1.807, 2.05) is 19.1 Å². The molecule has 2 rings (SSSR count). The first-order valence-electron chi connectivity index (χ1n) is 10.0. The number of thiocarbonyl (C=S) groups is 1. The summed E-state index contributed by atoms with van der Waals surface area (Å²) in [4.78, 5) is 14.8. The van der Waals surface area contributed by atoms with Gasteiger partial charge >= 0.3 is 0 Å². The molecule has 0 aliphatic carbocycles. The van der Waals surface area contributed by atoms with Crippen LogP contribution in [0.5, 0.6) is 5.75 Å². The first-order chi connectivity index (χ1) is 13.8. The molecule has 0 aliphatic rings. The number of rotatable bonds is 8. The number of anilines is 2. The number of nitrogens with zero attached hydrogens (tertiary/aromatic N) is 1. The van der Waals surface area contributed by atoms with Gasteiger partial charge in [0.15, 0.2) is 5.11 Å². The van der Waals surface area contributed by atoms with Crippen LogP contribution in [0.4, 0.5) is 11.4 Å². The largest absolute Gasteiger partial charge is 0.493 e. The van der Waals surface area contributed by atoms with Crippen LogP contribution in [0.15, 0.2) is 42.5 Å². The average molecular weight is 414 g/mol. The normalized spacial score (nSPS) is 10.6. The lowest BCUT2D eigenvalue weighted by molar-refractivity contribution is 0.0977. The molecule has 0 aliphatic heterocycles. The van der Waals surface area contributed by atoms with Crippen LogP contribution >= 0.6 is 12.2 Å². The van der Waals surface area contributed by atoms with E-state index < -0.39 is 0 Å². The van der Waals surface area contributed by atoms with Crippen molar-refractivity contribution in [2.45, 2.75) is 34.6 Å². The van der Waals surface area contributed by atoms with Gasteiger partial charge in [0.1, 0.15) is 5.75 Å². The van der Waals surface area contributed by atoms with Crippen molar-refractivity contribution in [1.29, 1.82) is 0 Å². The van der Waals surface area contributed by atoms with E-state index in [9.17, 15) is 4.79 Å². The molecule has 0 spiro atoms. The van der Waals surface area contributed by atoms with Crippen molar-refractivity contribution in [3.05, 3.63) is 53.6 Å². The molecule has 0 radical (unpaired) electrons. The van der Waals surface area contributed by atoms with Gasteiger partial charge in [0.05, 0.1) is 6.61 Å². The lowest BCUT2D eigenvalue weighted by Crippen LogP contribution is -2.34. The number of benzene rings is 2. The van der Waals surface area contributed by atoms with Crippen molar-refractivity contribution in [3.63, 3.8) is 0 Å². The highest BCUT2D eigenvalue weighted by molar-refractivity contribution is 7.80. The monoisotopic (exact) mass is 413 g/mol. The Balaban J connectivity index is 2.00. The van der Waals surface area contributed by atoms with Gasteiger partial charge in [0, 0.05) is 30.0 Å². The fourth-order valence-corrected chi connectivity index (χ4v) is 3.10. The number of hydrogen-bond donors (Lipinski definition) is 2. The van der Waals surface area contributed by atoms with E-state index in [1.54, 1.807) is 18.2 Å². The number of hydrogen-bond acceptors (Lipinski definition) is 4. The van der Waals surface area contributed by atoms with Crippen molar-refractivity contribution < 1.29 is 9.53 Å². The van der Waals surface area contributed by atoms with E-state index in [1.165, 1.54) is 5.69 Å². The van der Waals surface area contributed by atoms with Crippen LogP contribution in [-0.2, 0) is 0 Å². The molecule has 29 heavy (non-hydrogen) atoms. The second kappa shape index (κ2) is 10.8. The molecule has 156 valence electrons. The van der Waals surface area contributed by atoms with Crippen molar-refractivity contribution in [1.82, 2.24) is 5.32 Å². The molecule has 0 aromatic heterocycles. The van der Waals surface area contributed by atoms with Crippen molar-refractivity contribution in [2.24, 2.45) is 5.92 Å². The first-order valence-corrected chi connectivity index (χ1v) is 10.5. The van der Waals surface area contributed by atoms with Crippen LogP contribution < -0.4 is 20.3 Å². The lowest BCUT2D eigenvalue weighted by atomic mass is 10.1. The Kier molecular flexibility index (Phi) is 8.46. The van der Waals surface area contributed by atoms with Crippen molar-refractivity contribution in [2.75, 3.05) is 29.9 Å². The van der Waals surface area contributed by atoms with Gasteiger partial charge in [-0.25, -0.2) is 0 Å². The van der Waals surface area contributed by atoms with E-state index in [4.69, 9.17) is 17.0 Å². The maximum Gasteiger partial charge on any atom is 0.257 e. The van der Waals surface area contributed by atoms with Crippen LogP contribution in [0.3, 0.4) is 0 Å². The maximum atomic E-state index is 12.5. The summed E-state index contributed by atoms with van der Waals surface area (Å²) < 4.78 is 5.69. The van der Waals surface area contributed by atoms with E-state index in [0.29, 0.717) is 23.8 Å². The van der Waals surface area contributed by atoms with Gasteiger partial charge in [-0.05, 0) is 80.9 Å². The summed E-state index contributed by atoms with van der Waals surface area (Å²) in [7, 11) is 0. The molecular weight excluding hydrogens is 382 g/mol. The first kappa shape index (κ1) is 22.7. The SMILES string of the molecule is CCN(CC)c1ccc(NC(=S)NC(=O)c2cccc(OCC(C)C)c2)c(C)c1. The maximum absolute atomic E-state index is 12.5. The zero-order valence-corrected chi connectivity index (χ0v) is 18.7. The number of carbonyl (C=O) groups excluding carboxylic acids is 1. The summed E-state index contributed by atoms with van der Waals surface area (Å²) in [6.45, 7) is 13.0. The molecule has 0 heterocycles. The summed E-state index contributed by atoms with van der Waals surface area (Å²) in [5, 5.41) is 6.12. The molecule has 2 N–H and O–H groups in total. The van der Waals surface area contributed by atoms with Crippen molar-refractivity contribution >= 4 is 34.6 Å². The quantitative estimate of drug-likeness (QED) is 0.596. The van der Waals surface area contributed by atoms with E-state index >= 15 is 0 Å². The zero-order chi connectivity index (χ0) is 21.4. The third kappa shape index (κ3) is 6.75. The summed E-state index contributed by atoms with van der Waals surface area (Å²) >= 11 is 5.34. The number of amides is 1. The molecule has 6 heteroatoms. The Morgan fingerprint density at radius 1 is 1.14 bits per heavy atom. The van der Waals surface area contributed by atoms with E-state index in [-0.39, 0.29) is 11.0 Å².